The summed E-state index contributed by atoms with van der Waals surface area (Å²) in [6.07, 6.45) is 0. The number of hydrogen-bond donors (Lipinski definition) is 1. The molecule has 1 atom stereocenters. The van der Waals surface area contributed by atoms with Gasteiger partial charge in [-0.2, -0.15) is 0 Å². The van der Waals surface area contributed by atoms with Gasteiger partial charge in [-0.1, -0.05) is 28.1 Å². The predicted octanol–water partition coefficient (Wildman–Crippen LogP) is 2.51. The first-order chi connectivity index (χ1) is 13.3. The Bertz CT molecular complexity index is 926. The van der Waals surface area contributed by atoms with Crippen LogP contribution in [0, 0.1) is 0 Å². The van der Waals surface area contributed by atoms with Crippen molar-refractivity contribution in [1.29, 1.82) is 0 Å². The van der Waals surface area contributed by atoms with Gasteiger partial charge in [-0.3, -0.25) is 4.79 Å². The molecule has 1 N–H and O–H groups in total. The van der Waals surface area contributed by atoms with Gasteiger partial charge in [-0.25, -0.2) is 13.2 Å². The Hall–Kier alpha value is -2.23. The van der Waals surface area contributed by atoms with Gasteiger partial charge in [-0.15, -0.1) is 0 Å². The molecule has 0 aliphatic carbocycles. The lowest BCUT2D eigenvalue weighted by atomic mass is 10.1. The zero-order valence-corrected chi connectivity index (χ0v) is 17.7. The molecule has 2 aromatic rings. The van der Waals surface area contributed by atoms with Gasteiger partial charge in [0.25, 0.3) is 5.91 Å². The molecule has 0 radical (unpaired) electrons. The highest BCUT2D eigenvalue weighted by molar-refractivity contribution is 9.10. The lowest BCUT2D eigenvalue weighted by Gasteiger charge is -2.17. The van der Waals surface area contributed by atoms with Gasteiger partial charge < -0.3 is 14.8 Å². The third-order valence-corrected chi connectivity index (χ3v) is 6.17. The van der Waals surface area contributed by atoms with E-state index in [0.717, 1.165) is 4.47 Å². The van der Waals surface area contributed by atoms with E-state index in [1.165, 1.54) is 38.5 Å². The van der Waals surface area contributed by atoms with E-state index in [1.54, 1.807) is 24.3 Å². The van der Waals surface area contributed by atoms with E-state index >= 15 is 0 Å². The van der Waals surface area contributed by atoms with Crippen LogP contribution in [-0.4, -0.2) is 46.9 Å². The fourth-order valence-corrected chi connectivity index (χ4v) is 3.83. The second-order valence-corrected chi connectivity index (χ2v) is 8.84. The number of benzene rings is 2. The van der Waals surface area contributed by atoms with Crippen molar-refractivity contribution in [3.05, 3.63) is 64.1 Å². The van der Waals surface area contributed by atoms with Crippen molar-refractivity contribution in [3.63, 3.8) is 0 Å². The van der Waals surface area contributed by atoms with E-state index in [-0.39, 0.29) is 22.8 Å². The smallest absolute Gasteiger partial charge is 0.333 e. The summed E-state index contributed by atoms with van der Waals surface area (Å²) in [5, 5.41) is 2.61. The first-order valence-electron chi connectivity index (χ1n) is 8.24. The monoisotopic (exact) mass is 469 g/mol. The maximum atomic E-state index is 12.6. The van der Waals surface area contributed by atoms with Crippen LogP contribution < -0.4 is 5.32 Å². The SMILES string of the molecule is COCCS(=O)(=O)c1ccc(C(=O)NC(C(=O)OC)c2ccc(Br)cc2)cc1. The Balaban J connectivity index is 2.19. The van der Waals surface area contributed by atoms with Gasteiger partial charge in [0, 0.05) is 17.1 Å². The highest BCUT2D eigenvalue weighted by Gasteiger charge is 2.24. The Morgan fingerprint density at radius 1 is 1.04 bits per heavy atom. The average molecular weight is 470 g/mol. The fourth-order valence-electron chi connectivity index (χ4n) is 2.39. The van der Waals surface area contributed by atoms with Crippen molar-refractivity contribution in [2.24, 2.45) is 0 Å². The Morgan fingerprint density at radius 3 is 2.18 bits per heavy atom. The Kier molecular flexibility index (Phi) is 7.73. The minimum Gasteiger partial charge on any atom is -0.467 e. The van der Waals surface area contributed by atoms with Crippen LogP contribution in [0.3, 0.4) is 0 Å². The topological polar surface area (TPSA) is 98.8 Å². The summed E-state index contributed by atoms with van der Waals surface area (Å²) in [4.78, 5) is 24.8. The molecule has 0 aliphatic rings. The van der Waals surface area contributed by atoms with Gasteiger partial charge in [-0.05, 0) is 42.0 Å². The molecular formula is C19H20BrNO6S. The van der Waals surface area contributed by atoms with E-state index in [2.05, 4.69) is 21.2 Å². The van der Waals surface area contributed by atoms with Crippen LogP contribution in [0.4, 0.5) is 0 Å². The third-order valence-electron chi connectivity index (χ3n) is 3.95. The summed E-state index contributed by atoms with van der Waals surface area (Å²) in [6, 6.07) is 11.4. The first-order valence-corrected chi connectivity index (χ1v) is 10.7. The molecule has 150 valence electrons. The normalized spacial score (nSPS) is 12.2. The average Bonchev–Trinajstić information content (AvgIpc) is 2.70. The molecule has 0 bridgehead atoms. The second-order valence-electron chi connectivity index (χ2n) is 5.82. The van der Waals surface area contributed by atoms with Crippen LogP contribution in [0.25, 0.3) is 0 Å². The van der Waals surface area contributed by atoms with Crippen LogP contribution in [0.5, 0.6) is 0 Å². The maximum absolute atomic E-state index is 12.6. The van der Waals surface area contributed by atoms with E-state index < -0.39 is 27.8 Å². The third kappa shape index (κ3) is 5.63. The van der Waals surface area contributed by atoms with E-state index in [1.807, 2.05) is 0 Å². The minimum absolute atomic E-state index is 0.0819. The number of esters is 1. The fraction of sp³-hybridized carbons (Fsp3) is 0.263. The summed E-state index contributed by atoms with van der Waals surface area (Å²) in [5.41, 5.74) is 0.777. The molecule has 2 aromatic carbocycles. The van der Waals surface area contributed by atoms with Crippen molar-refractivity contribution in [2.45, 2.75) is 10.9 Å². The lowest BCUT2D eigenvalue weighted by molar-refractivity contribution is -0.143. The van der Waals surface area contributed by atoms with E-state index in [0.29, 0.717) is 5.56 Å². The Labute approximate surface area is 172 Å². The predicted molar refractivity (Wildman–Crippen MR) is 107 cm³/mol. The van der Waals surface area contributed by atoms with Gasteiger partial charge in [0.2, 0.25) is 0 Å². The number of carbonyl (C=O) groups excluding carboxylic acids is 2. The number of nitrogens with one attached hydrogen (secondary N) is 1. The Morgan fingerprint density at radius 2 is 1.64 bits per heavy atom. The van der Waals surface area contributed by atoms with Crippen LogP contribution in [0.1, 0.15) is 22.0 Å². The molecule has 2 rings (SSSR count). The number of rotatable bonds is 8. The summed E-state index contributed by atoms with van der Waals surface area (Å²) < 4.78 is 34.7. The summed E-state index contributed by atoms with van der Waals surface area (Å²) in [6.45, 7) is 0.0819. The largest absolute Gasteiger partial charge is 0.467 e. The highest BCUT2D eigenvalue weighted by Crippen LogP contribution is 2.19. The van der Waals surface area contributed by atoms with Gasteiger partial charge >= 0.3 is 5.97 Å². The molecule has 7 nitrogen and oxygen atoms in total. The number of halogens is 1. The maximum Gasteiger partial charge on any atom is 0.333 e. The summed E-state index contributed by atoms with van der Waals surface area (Å²) in [5.74, 6) is -1.29. The summed E-state index contributed by atoms with van der Waals surface area (Å²) >= 11 is 3.31. The van der Waals surface area contributed by atoms with Crippen molar-refractivity contribution in [2.75, 3.05) is 26.6 Å². The standard InChI is InChI=1S/C19H20BrNO6S/c1-26-11-12-28(24,25)16-9-5-14(6-10-16)18(22)21-17(19(23)27-2)13-3-7-15(20)8-4-13/h3-10,17H,11-12H2,1-2H3,(H,21,22). The van der Waals surface area contributed by atoms with Crippen LogP contribution >= 0.6 is 15.9 Å². The van der Waals surface area contributed by atoms with E-state index in [9.17, 15) is 18.0 Å². The molecule has 0 aromatic heterocycles. The van der Waals surface area contributed by atoms with Gasteiger partial charge in [0.1, 0.15) is 0 Å². The molecule has 0 saturated carbocycles. The van der Waals surface area contributed by atoms with Crippen molar-refractivity contribution in [3.8, 4) is 0 Å². The number of methoxy groups -OCH3 is 2. The number of amides is 1. The minimum atomic E-state index is -3.49. The summed E-state index contributed by atoms with van der Waals surface area (Å²) in [7, 11) is -0.829. The van der Waals surface area contributed by atoms with Crippen molar-refractivity contribution >= 4 is 37.6 Å². The molecule has 28 heavy (non-hydrogen) atoms. The van der Waals surface area contributed by atoms with Crippen LogP contribution in [0.15, 0.2) is 57.9 Å². The zero-order chi connectivity index (χ0) is 20.7. The molecule has 0 heterocycles. The van der Waals surface area contributed by atoms with Crippen molar-refractivity contribution < 1.29 is 27.5 Å². The molecular weight excluding hydrogens is 450 g/mol. The molecule has 9 heteroatoms. The van der Waals surface area contributed by atoms with Crippen LogP contribution in [0.2, 0.25) is 0 Å². The number of hydrogen-bond acceptors (Lipinski definition) is 6. The lowest BCUT2D eigenvalue weighted by Crippen LogP contribution is -2.34. The molecule has 0 aliphatic heterocycles. The quantitative estimate of drug-likeness (QED) is 0.596. The van der Waals surface area contributed by atoms with Gasteiger partial charge in [0.05, 0.1) is 24.4 Å². The molecule has 0 fully saturated rings. The van der Waals surface area contributed by atoms with E-state index in [4.69, 9.17) is 9.47 Å². The van der Waals surface area contributed by atoms with Crippen LogP contribution in [-0.2, 0) is 24.1 Å². The number of carbonyl (C=O) groups is 2. The molecule has 1 unspecified atom stereocenters. The van der Waals surface area contributed by atoms with Gasteiger partial charge in [0.15, 0.2) is 15.9 Å². The highest BCUT2D eigenvalue weighted by atomic mass is 79.9. The molecule has 0 saturated heterocycles. The number of sulfone groups is 1. The number of ether oxygens (including phenoxy) is 2. The molecule has 1 amide bonds. The van der Waals surface area contributed by atoms with Crippen molar-refractivity contribution in [1.82, 2.24) is 5.32 Å². The second kappa shape index (κ2) is 9.81. The zero-order valence-electron chi connectivity index (χ0n) is 15.3. The molecule has 0 spiro atoms. The first kappa shape index (κ1) is 22.1.